The summed E-state index contributed by atoms with van der Waals surface area (Å²) in [7, 11) is 1.49. The summed E-state index contributed by atoms with van der Waals surface area (Å²) >= 11 is 0. The van der Waals surface area contributed by atoms with E-state index in [0.717, 1.165) is 6.42 Å². The zero-order valence-electron chi connectivity index (χ0n) is 12.7. The minimum atomic E-state index is -0.117. The van der Waals surface area contributed by atoms with Gasteiger partial charge in [-0.15, -0.1) is 0 Å². The van der Waals surface area contributed by atoms with Gasteiger partial charge in [0.15, 0.2) is 0 Å². The molecule has 0 saturated heterocycles. The second-order valence-corrected chi connectivity index (χ2v) is 6.89. The Hall–Kier alpha value is -0.570. The third-order valence-electron chi connectivity index (χ3n) is 5.11. The van der Waals surface area contributed by atoms with Gasteiger partial charge < -0.3 is 10.1 Å². The standard InChI is InChI=1S/C16H29NO2/c1-12(2)11-13(15(18)19-3)17-14-7-10-16(14)8-5-4-6-9-16/h12-14,17H,4-11H2,1-3H3. The lowest BCUT2D eigenvalue weighted by Crippen LogP contribution is -2.58. The maximum Gasteiger partial charge on any atom is 0.322 e. The van der Waals surface area contributed by atoms with Crippen LogP contribution < -0.4 is 5.32 Å². The quantitative estimate of drug-likeness (QED) is 0.777. The van der Waals surface area contributed by atoms with E-state index in [2.05, 4.69) is 19.2 Å². The zero-order chi connectivity index (χ0) is 13.9. The average Bonchev–Trinajstić information content (AvgIpc) is 2.41. The van der Waals surface area contributed by atoms with Gasteiger partial charge in [-0.3, -0.25) is 4.79 Å². The van der Waals surface area contributed by atoms with Crippen molar-refractivity contribution < 1.29 is 9.53 Å². The van der Waals surface area contributed by atoms with Crippen molar-refractivity contribution in [2.75, 3.05) is 7.11 Å². The molecule has 0 radical (unpaired) electrons. The topological polar surface area (TPSA) is 38.3 Å². The Morgan fingerprint density at radius 2 is 1.95 bits per heavy atom. The molecule has 2 saturated carbocycles. The smallest absolute Gasteiger partial charge is 0.322 e. The van der Waals surface area contributed by atoms with Crippen LogP contribution in [0.5, 0.6) is 0 Å². The summed E-state index contributed by atoms with van der Waals surface area (Å²) in [5.41, 5.74) is 0.501. The summed E-state index contributed by atoms with van der Waals surface area (Å²) in [6.07, 6.45) is 10.3. The van der Waals surface area contributed by atoms with E-state index in [-0.39, 0.29) is 12.0 Å². The highest BCUT2D eigenvalue weighted by Crippen LogP contribution is 2.51. The summed E-state index contributed by atoms with van der Waals surface area (Å²) < 4.78 is 4.96. The van der Waals surface area contributed by atoms with Gasteiger partial charge in [-0.2, -0.15) is 0 Å². The van der Waals surface area contributed by atoms with Gasteiger partial charge in [0.25, 0.3) is 0 Å². The number of hydrogen-bond donors (Lipinski definition) is 1. The SMILES string of the molecule is COC(=O)C(CC(C)C)NC1CCC12CCCCC2. The number of nitrogens with one attached hydrogen (secondary N) is 1. The number of methoxy groups -OCH3 is 1. The van der Waals surface area contributed by atoms with Crippen LogP contribution in [0.3, 0.4) is 0 Å². The largest absolute Gasteiger partial charge is 0.468 e. The molecule has 110 valence electrons. The van der Waals surface area contributed by atoms with Crippen LogP contribution >= 0.6 is 0 Å². The van der Waals surface area contributed by atoms with Crippen molar-refractivity contribution in [1.29, 1.82) is 0 Å². The predicted molar refractivity (Wildman–Crippen MR) is 76.9 cm³/mol. The number of esters is 1. The fourth-order valence-corrected chi connectivity index (χ4v) is 3.90. The Kier molecular flexibility index (Phi) is 4.88. The Bertz CT molecular complexity index is 308. The van der Waals surface area contributed by atoms with Gasteiger partial charge in [0.05, 0.1) is 7.11 Å². The van der Waals surface area contributed by atoms with Gasteiger partial charge in [-0.1, -0.05) is 33.1 Å². The van der Waals surface area contributed by atoms with Crippen molar-refractivity contribution in [2.45, 2.75) is 77.3 Å². The zero-order valence-corrected chi connectivity index (χ0v) is 12.7. The van der Waals surface area contributed by atoms with E-state index >= 15 is 0 Å². The van der Waals surface area contributed by atoms with Crippen molar-refractivity contribution in [3.63, 3.8) is 0 Å². The van der Waals surface area contributed by atoms with Crippen molar-refractivity contribution in [2.24, 2.45) is 11.3 Å². The maximum absolute atomic E-state index is 11.9. The molecule has 2 aliphatic rings. The molecule has 0 bridgehead atoms. The van der Waals surface area contributed by atoms with Crippen molar-refractivity contribution in [3.8, 4) is 0 Å². The predicted octanol–water partition coefficient (Wildman–Crippen LogP) is 3.28. The molecular formula is C16H29NO2. The number of ether oxygens (including phenoxy) is 1. The molecule has 0 aromatic rings. The monoisotopic (exact) mass is 267 g/mol. The Balaban J connectivity index is 1.94. The molecular weight excluding hydrogens is 238 g/mol. The second kappa shape index (κ2) is 6.25. The normalized spacial score (nSPS) is 27.1. The van der Waals surface area contributed by atoms with Crippen LogP contribution in [0.4, 0.5) is 0 Å². The van der Waals surface area contributed by atoms with E-state index in [9.17, 15) is 4.79 Å². The van der Waals surface area contributed by atoms with E-state index < -0.39 is 0 Å². The van der Waals surface area contributed by atoms with Gasteiger partial charge in [0.1, 0.15) is 6.04 Å². The van der Waals surface area contributed by atoms with Crippen LogP contribution in [0.1, 0.15) is 65.2 Å². The van der Waals surface area contributed by atoms with Gasteiger partial charge in [0.2, 0.25) is 0 Å². The summed E-state index contributed by atoms with van der Waals surface area (Å²) in [5.74, 6) is 0.422. The molecule has 2 fully saturated rings. The number of carbonyl (C=O) groups excluding carboxylic acids is 1. The molecule has 0 aliphatic heterocycles. The molecule has 1 N–H and O–H groups in total. The third-order valence-corrected chi connectivity index (χ3v) is 5.11. The van der Waals surface area contributed by atoms with Crippen LogP contribution in [0.15, 0.2) is 0 Å². The van der Waals surface area contributed by atoms with Crippen LogP contribution in [0, 0.1) is 11.3 Å². The minimum Gasteiger partial charge on any atom is -0.468 e. The summed E-state index contributed by atoms with van der Waals surface area (Å²) in [4.78, 5) is 11.9. The Morgan fingerprint density at radius 3 is 2.42 bits per heavy atom. The van der Waals surface area contributed by atoms with Crippen LogP contribution in [-0.2, 0) is 9.53 Å². The van der Waals surface area contributed by atoms with E-state index in [4.69, 9.17) is 4.74 Å². The number of hydrogen-bond acceptors (Lipinski definition) is 3. The first-order valence-electron chi connectivity index (χ1n) is 7.91. The summed E-state index contributed by atoms with van der Waals surface area (Å²) in [6.45, 7) is 4.32. The fraction of sp³-hybridized carbons (Fsp3) is 0.938. The average molecular weight is 267 g/mol. The molecule has 1 spiro atoms. The Morgan fingerprint density at radius 1 is 1.26 bits per heavy atom. The molecule has 2 aliphatic carbocycles. The molecule has 0 aromatic heterocycles. The van der Waals surface area contributed by atoms with Crippen LogP contribution in [0.25, 0.3) is 0 Å². The molecule has 2 atom stereocenters. The lowest BCUT2D eigenvalue weighted by molar-refractivity contribution is -0.144. The van der Waals surface area contributed by atoms with Gasteiger partial charge in [-0.25, -0.2) is 0 Å². The van der Waals surface area contributed by atoms with Gasteiger partial charge in [-0.05, 0) is 43.4 Å². The summed E-state index contributed by atoms with van der Waals surface area (Å²) in [6, 6.07) is 0.421. The highest BCUT2D eigenvalue weighted by molar-refractivity contribution is 5.75. The highest BCUT2D eigenvalue weighted by atomic mass is 16.5. The first kappa shape index (κ1) is 14.8. The van der Waals surface area contributed by atoms with E-state index in [1.54, 1.807) is 0 Å². The molecule has 0 aromatic carbocycles. The van der Waals surface area contributed by atoms with E-state index in [0.29, 0.717) is 17.4 Å². The molecule has 19 heavy (non-hydrogen) atoms. The first-order chi connectivity index (χ1) is 9.07. The van der Waals surface area contributed by atoms with Crippen molar-refractivity contribution in [1.82, 2.24) is 5.32 Å². The van der Waals surface area contributed by atoms with E-state index in [1.165, 1.54) is 52.1 Å². The van der Waals surface area contributed by atoms with Crippen LogP contribution in [-0.4, -0.2) is 25.2 Å². The highest BCUT2D eigenvalue weighted by Gasteiger charge is 2.47. The number of rotatable bonds is 5. The van der Waals surface area contributed by atoms with Crippen molar-refractivity contribution >= 4 is 5.97 Å². The lowest BCUT2D eigenvalue weighted by Gasteiger charge is -2.53. The molecule has 0 heterocycles. The summed E-state index contributed by atoms with van der Waals surface area (Å²) in [5, 5.41) is 3.62. The number of carbonyl (C=O) groups is 1. The minimum absolute atomic E-state index is 0.0911. The second-order valence-electron chi connectivity index (χ2n) is 6.89. The molecule has 2 rings (SSSR count). The third kappa shape index (κ3) is 3.31. The van der Waals surface area contributed by atoms with E-state index in [1.807, 2.05) is 0 Å². The fourth-order valence-electron chi connectivity index (χ4n) is 3.90. The Labute approximate surface area is 117 Å². The molecule has 0 amide bonds. The first-order valence-corrected chi connectivity index (χ1v) is 7.91. The van der Waals surface area contributed by atoms with Crippen LogP contribution in [0.2, 0.25) is 0 Å². The van der Waals surface area contributed by atoms with Gasteiger partial charge >= 0.3 is 5.97 Å². The maximum atomic E-state index is 11.9. The van der Waals surface area contributed by atoms with Crippen molar-refractivity contribution in [3.05, 3.63) is 0 Å². The van der Waals surface area contributed by atoms with Gasteiger partial charge in [0, 0.05) is 6.04 Å². The molecule has 3 heteroatoms. The molecule has 2 unspecified atom stereocenters. The molecule has 3 nitrogen and oxygen atoms in total. The lowest BCUT2D eigenvalue weighted by atomic mass is 9.57.